The van der Waals surface area contributed by atoms with Gasteiger partial charge in [0.2, 0.25) is 0 Å². The minimum absolute atomic E-state index is 0.0240. The molecule has 9 heteroatoms. The molecule has 0 saturated carbocycles. The first-order chi connectivity index (χ1) is 14.8. The average molecular weight is 421 g/mol. The zero-order valence-corrected chi connectivity index (χ0v) is 17.2. The first-order valence-electron chi connectivity index (χ1n) is 9.48. The summed E-state index contributed by atoms with van der Waals surface area (Å²) in [6.07, 6.45) is 0. The van der Waals surface area contributed by atoms with Crippen molar-refractivity contribution in [1.82, 2.24) is 9.78 Å². The van der Waals surface area contributed by atoms with Crippen LogP contribution in [0.4, 0.5) is 0 Å². The van der Waals surface area contributed by atoms with Gasteiger partial charge in [-0.25, -0.2) is 4.79 Å². The van der Waals surface area contributed by atoms with Crippen LogP contribution in [0.2, 0.25) is 0 Å². The van der Waals surface area contributed by atoms with E-state index < -0.39 is 11.9 Å². The van der Waals surface area contributed by atoms with Crippen molar-refractivity contribution in [3.63, 3.8) is 0 Å². The predicted octanol–water partition coefficient (Wildman–Crippen LogP) is 1.89. The molecule has 1 heterocycles. The number of hydrogen-bond donors (Lipinski definition) is 2. The zero-order valence-electron chi connectivity index (χ0n) is 17.2. The number of primary amides is 1. The molecular weight excluding hydrogens is 398 g/mol. The van der Waals surface area contributed by atoms with Gasteiger partial charge in [-0.2, -0.15) is 5.10 Å². The second-order valence-electron chi connectivity index (χ2n) is 6.92. The van der Waals surface area contributed by atoms with Gasteiger partial charge in [-0.15, -0.1) is 0 Å². The highest BCUT2D eigenvalue weighted by molar-refractivity contribution is 5.98. The van der Waals surface area contributed by atoms with Crippen molar-refractivity contribution in [2.45, 2.75) is 20.4 Å². The van der Waals surface area contributed by atoms with Crippen LogP contribution in [0.1, 0.15) is 32.9 Å². The van der Waals surface area contributed by atoms with Crippen molar-refractivity contribution in [2.24, 2.45) is 16.6 Å². The molecule has 0 bridgehead atoms. The maximum Gasteiger partial charge on any atom is 0.365 e. The summed E-state index contributed by atoms with van der Waals surface area (Å²) in [5, 5.41) is 8.12. The third-order valence-corrected chi connectivity index (χ3v) is 4.38. The fourth-order valence-electron chi connectivity index (χ4n) is 2.83. The summed E-state index contributed by atoms with van der Waals surface area (Å²) in [5.41, 5.74) is 14.8. The van der Waals surface area contributed by atoms with E-state index in [2.05, 4.69) is 10.3 Å². The van der Waals surface area contributed by atoms with Crippen LogP contribution in [0, 0.1) is 13.8 Å². The normalized spacial score (nSPS) is 11.2. The molecule has 0 spiro atoms. The largest absolute Gasteiger partial charge is 0.484 e. The Morgan fingerprint density at radius 3 is 2.23 bits per heavy atom. The lowest BCUT2D eigenvalue weighted by atomic mass is 10.1. The van der Waals surface area contributed by atoms with Gasteiger partial charge in [0.05, 0.1) is 17.8 Å². The summed E-state index contributed by atoms with van der Waals surface area (Å²) in [7, 11) is 0. The van der Waals surface area contributed by atoms with E-state index in [0.29, 0.717) is 23.4 Å². The fourth-order valence-corrected chi connectivity index (χ4v) is 2.83. The minimum atomic E-state index is -0.623. The average Bonchev–Trinajstić information content (AvgIpc) is 3.07. The maximum absolute atomic E-state index is 12.2. The van der Waals surface area contributed by atoms with Gasteiger partial charge in [-0.1, -0.05) is 17.3 Å². The van der Waals surface area contributed by atoms with Gasteiger partial charge in [0.1, 0.15) is 5.75 Å². The molecule has 160 valence electrons. The van der Waals surface area contributed by atoms with Gasteiger partial charge in [0.15, 0.2) is 12.4 Å². The summed E-state index contributed by atoms with van der Waals surface area (Å²) < 4.78 is 7.07. The van der Waals surface area contributed by atoms with E-state index in [1.54, 1.807) is 36.4 Å². The molecule has 0 radical (unpaired) electrons. The molecule has 0 aliphatic heterocycles. The number of carbonyl (C=O) groups excluding carboxylic acids is 2. The Morgan fingerprint density at radius 1 is 1.00 bits per heavy atom. The van der Waals surface area contributed by atoms with Crippen LogP contribution in [0.5, 0.6) is 5.75 Å². The summed E-state index contributed by atoms with van der Waals surface area (Å²) in [4.78, 5) is 27.9. The van der Waals surface area contributed by atoms with Crippen molar-refractivity contribution in [3.8, 4) is 5.75 Å². The lowest BCUT2D eigenvalue weighted by Gasteiger charge is -2.06. The summed E-state index contributed by atoms with van der Waals surface area (Å²) in [6.45, 7) is 4.33. The number of amides is 1. The van der Waals surface area contributed by atoms with Crippen LogP contribution in [0.3, 0.4) is 0 Å². The number of aromatic nitrogens is 2. The third-order valence-electron chi connectivity index (χ3n) is 4.38. The van der Waals surface area contributed by atoms with Gasteiger partial charge in [0, 0.05) is 11.3 Å². The molecule has 1 aromatic heterocycles. The Balaban J connectivity index is 1.58. The van der Waals surface area contributed by atoms with Gasteiger partial charge >= 0.3 is 5.97 Å². The number of benzene rings is 2. The first-order valence-corrected chi connectivity index (χ1v) is 9.48. The summed E-state index contributed by atoms with van der Waals surface area (Å²) >= 11 is 0. The second kappa shape index (κ2) is 9.57. The number of hydrogen-bond acceptors (Lipinski definition) is 6. The van der Waals surface area contributed by atoms with E-state index in [1.807, 2.05) is 36.7 Å². The molecule has 31 heavy (non-hydrogen) atoms. The number of nitrogens with zero attached hydrogens (tertiary/aromatic N) is 3. The summed E-state index contributed by atoms with van der Waals surface area (Å²) in [6, 6.07) is 15.5. The number of nitrogens with two attached hydrogens (primary N) is 2. The number of ether oxygens (including phenoxy) is 1. The zero-order chi connectivity index (χ0) is 22.4. The Bertz CT molecular complexity index is 1100. The topological polar surface area (TPSA) is 135 Å². The number of rotatable bonds is 8. The van der Waals surface area contributed by atoms with Crippen LogP contribution >= 0.6 is 0 Å². The SMILES string of the molecule is Cc1cc(C)n(Cc2ccc(C(=O)O/N=C(\N)c3ccc(OCC(N)=O)cc3)cc2)n1. The molecular formula is C22H23N5O4. The Kier molecular flexibility index (Phi) is 6.66. The van der Waals surface area contributed by atoms with Crippen LogP contribution in [0.15, 0.2) is 59.8 Å². The van der Waals surface area contributed by atoms with Gasteiger partial charge in [0.25, 0.3) is 5.91 Å². The number of amidine groups is 1. The quantitative estimate of drug-likeness (QED) is 0.247. The molecule has 4 N–H and O–H groups in total. The van der Waals surface area contributed by atoms with E-state index in [0.717, 1.165) is 17.0 Å². The van der Waals surface area contributed by atoms with Crippen molar-refractivity contribution >= 4 is 17.7 Å². The standard InChI is InChI=1S/C22H23N5O4/c1-14-11-15(2)27(25-14)12-16-3-5-18(6-4-16)22(29)31-26-21(24)17-7-9-19(10-8-17)30-13-20(23)28/h3-11H,12-13H2,1-2H3,(H2,23,28)(H2,24,26). The van der Waals surface area contributed by atoms with Crippen molar-refractivity contribution < 1.29 is 19.2 Å². The van der Waals surface area contributed by atoms with E-state index in [1.165, 1.54) is 0 Å². The second-order valence-corrected chi connectivity index (χ2v) is 6.92. The molecule has 0 aliphatic carbocycles. The first kappa shape index (κ1) is 21.6. The van der Waals surface area contributed by atoms with Crippen molar-refractivity contribution in [1.29, 1.82) is 0 Å². The van der Waals surface area contributed by atoms with E-state index >= 15 is 0 Å². The molecule has 0 atom stereocenters. The molecule has 0 aliphatic rings. The molecule has 0 fully saturated rings. The van der Waals surface area contributed by atoms with Crippen LogP contribution in [0.25, 0.3) is 0 Å². The number of oxime groups is 1. The van der Waals surface area contributed by atoms with Gasteiger partial charge in [-0.3, -0.25) is 9.48 Å². The predicted molar refractivity (Wildman–Crippen MR) is 115 cm³/mol. The highest BCUT2D eigenvalue weighted by Gasteiger charge is 2.09. The van der Waals surface area contributed by atoms with E-state index in [9.17, 15) is 9.59 Å². The highest BCUT2D eigenvalue weighted by Crippen LogP contribution is 2.13. The monoisotopic (exact) mass is 421 g/mol. The van der Waals surface area contributed by atoms with Gasteiger partial charge in [-0.05, 0) is 61.9 Å². The summed E-state index contributed by atoms with van der Waals surface area (Å²) in [5.74, 6) is -0.720. The molecule has 1 amide bonds. The Morgan fingerprint density at radius 2 is 1.65 bits per heavy atom. The van der Waals surface area contributed by atoms with E-state index in [-0.39, 0.29) is 12.4 Å². The van der Waals surface area contributed by atoms with E-state index in [4.69, 9.17) is 21.0 Å². The van der Waals surface area contributed by atoms with Crippen molar-refractivity contribution in [2.75, 3.05) is 6.61 Å². The lowest BCUT2D eigenvalue weighted by Crippen LogP contribution is -2.20. The molecule has 0 saturated heterocycles. The highest BCUT2D eigenvalue weighted by atomic mass is 16.7. The molecule has 0 unspecified atom stereocenters. The number of aryl methyl sites for hydroxylation is 2. The fraction of sp³-hybridized carbons (Fsp3) is 0.182. The smallest absolute Gasteiger partial charge is 0.365 e. The third kappa shape index (κ3) is 5.92. The molecule has 3 rings (SSSR count). The van der Waals surface area contributed by atoms with Crippen LogP contribution < -0.4 is 16.2 Å². The van der Waals surface area contributed by atoms with Gasteiger partial charge < -0.3 is 21.0 Å². The molecule has 3 aromatic rings. The van der Waals surface area contributed by atoms with Crippen LogP contribution in [-0.4, -0.2) is 34.1 Å². The Labute approximate surface area is 179 Å². The van der Waals surface area contributed by atoms with Crippen molar-refractivity contribution in [3.05, 3.63) is 82.7 Å². The molecule has 9 nitrogen and oxygen atoms in total. The Hall–Kier alpha value is -4.14. The maximum atomic E-state index is 12.2. The minimum Gasteiger partial charge on any atom is -0.484 e. The number of carbonyl (C=O) groups is 2. The molecule has 2 aromatic carbocycles. The van der Waals surface area contributed by atoms with Crippen LogP contribution in [-0.2, 0) is 16.2 Å². The lowest BCUT2D eigenvalue weighted by molar-refractivity contribution is -0.119.